The van der Waals surface area contributed by atoms with Crippen LogP contribution in [-0.4, -0.2) is 67.7 Å². The maximum absolute atomic E-state index is 6.61. The van der Waals surface area contributed by atoms with Crippen molar-refractivity contribution in [3.63, 3.8) is 0 Å². The fraction of sp³-hybridized carbons (Fsp3) is 1.00. The van der Waals surface area contributed by atoms with E-state index in [9.17, 15) is 0 Å². The van der Waals surface area contributed by atoms with Gasteiger partial charge in [0.1, 0.15) is 24.9 Å². The first-order valence-corrected chi connectivity index (χ1v) is 22.1. The predicted octanol–water partition coefficient (Wildman–Crippen LogP) is 13.1. The van der Waals surface area contributed by atoms with Gasteiger partial charge in [0.2, 0.25) is 0 Å². The van der Waals surface area contributed by atoms with Crippen LogP contribution in [0.1, 0.15) is 221 Å². The van der Waals surface area contributed by atoms with Crippen molar-refractivity contribution in [2.45, 2.75) is 251 Å². The average Bonchev–Trinajstić information content (AvgIpc) is 3.57. The zero-order valence-electron chi connectivity index (χ0n) is 34.4. The molecule has 5 heteroatoms. The first-order chi connectivity index (χ1) is 23.6. The van der Waals surface area contributed by atoms with Crippen molar-refractivity contribution in [3.05, 3.63) is 0 Å². The molecule has 3 atom stereocenters. The third-order valence-electron chi connectivity index (χ3n) is 11.3. The van der Waals surface area contributed by atoms with Crippen LogP contribution in [0.25, 0.3) is 0 Å². The third-order valence-corrected chi connectivity index (χ3v) is 11.3. The number of quaternary nitrogens is 1. The smallest absolute Gasteiger partial charge is 0.164 e. The molecule has 0 radical (unpaired) electrons. The molecular weight excluding hydrogens is 606 g/mol. The first kappa shape index (κ1) is 45.0. The van der Waals surface area contributed by atoms with Gasteiger partial charge in [-0.15, -0.1) is 0 Å². The lowest BCUT2D eigenvalue weighted by Gasteiger charge is -2.38. The van der Waals surface area contributed by atoms with Gasteiger partial charge in [-0.05, 0) is 53.4 Å². The molecule has 2 heterocycles. The molecule has 2 saturated heterocycles. The Kier molecular flexibility index (Phi) is 24.4. The highest BCUT2D eigenvalue weighted by molar-refractivity contribution is 4.90. The van der Waals surface area contributed by atoms with E-state index in [-0.39, 0.29) is 18.3 Å². The molecule has 49 heavy (non-hydrogen) atoms. The molecule has 0 amide bonds. The summed E-state index contributed by atoms with van der Waals surface area (Å²) >= 11 is 0. The summed E-state index contributed by atoms with van der Waals surface area (Å²) in [5.41, 5.74) is 0. The molecule has 0 saturated carbocycles. The van der Waals surface area contributed by atoms with Crippen molar-refractivity contribution in [2.24, 2.45) is 0 Å². The molecule has 0 aliphatic carbocycles. The van der Waals surface area contributed by atoms with Crippen LogP contribution < -0.4 is 0 Å². The second-order valence-corrected chi connectivity index (χ2v) is 17.4. The predicted molar refractivity (Wildman–Crippen MR) is 210 cm³/mol. The summed E-state index contributed by atoms with van der Waals surface area (Å²) < 4.78 is 26.5. The SMILES string of the molecule is CCCCCCCCCCCCCCCC[N+](C)(CCCCCCCCCCCCCCCC)C[C@@H]1OC(C)(C)O[C@H]1[C@H]1COC(C)(C)O1. The normalized spacial score (nSPS) is 22.0. The Bertz CT molecular complexity index is 738. The lowest BCUT2D eigenvalue weighted by atomic mass is 10.0. The molecular formula is C44H88NO4+. The van der Waals surface area contributed by atoms with Crippen molar-refractivity contribution in [2.75, 3.05) is 33.3 Å². The van der Waals surface area contributed by atoms with Gasteiger partial charge < -0.3 is 23.4 Å². The van der Waals surface area contributed by atoms with Gasteiger partial charge in [-0.25, -0.2) is 0 Å². The van der Waals surface area contributed by atoms with Gasteiger partial charge in [0.05, 0.1) is 26.7 Å². The second-order valence-electron chi connectivity index (χ2n) is 17.4. The minimum atomic E-state index is -0.583. The summed E-state index contributed by atoms with van der Waals surface area (Å²) in [4.78, 5) is 0. The maximum atomic E-state index is 6.61. The summed E-state index contributed by atoms with van der Waals surface area (Å²) in [5, 5.41) is 0. The second kappa shape index (κ2) is 26.5. The molecule has 2 rings (SSSR count). The average molecular weight is 695 g/mol. The van der Waals surface area contributed by atoms with Crippen molar-refractivity contribution in [1.29, 1.82) is 0 Å². The van der Waals surface area contributed by atoms with Crippen LogP contribution in [0.4, 0.5) is 0 Å². The molecule has 0 bridgehead atoms. The summed E-state index contributed by atoms with van der Waals surface area (Å²) in [6.07, 6.45) is 39.4. The van der Waals surface area contributed by atoms with E-state index in [0.29, 0.717) is 6.61 Å². The topological polar surface area (TPSA) is 36.9 Å². The van der Waals surface area contributed by atoms with Crippen LogP contribution in [0.2, 0.25) is 0 Å². The molecule has 0 aromatic heterocycles. The van der Waals surface area contributed by atoms with Gasteiger partial charge in [0.15, 0.2) is 11.6 Å². The Hall–Kier alpha value is -0.200. The fourth-order valence-electron chi connectivity index (χ4n) is 8.30. The molecule has 0 unspecified atom stereocenters. The van der Waals surface area contributed by atoms with Crippen molar-refractivity contribution in [1.82, 2.24) is 0 Å². The Labute approximate surface area is 307 Å². The van der Waals surface area contributed by atoms with E-state index in [1.165, 1.54) is 193 Å². The third kappa shape index (κ3) is 21.8. The highest BCUT2D eigenvalue weighted by Crippen LogP contribution is 2.36. The van der Waals surface area contributed by atoms with Crippen LogP contribution in [-0.2, 0) is 18.9 Å². The van der Waals surface area contributed by atoms with Gasteiger partial charge in [-0.3, -0.25) is 0 Å². The van der Waals surface area contributed by atoms with Crippen LogP contribution in [0.3, 0.4) is 0 Å². The molecule has 0 aromatic rings. The Morgan fingerprint density at radius 3 is 1.12 bits per heavy atom. The maximum Gasteiger partial charge on any atom is 0.164 e. The van der Waals surface area contributed by atoms with Gasteiger partial charge in [0, 0.05) is 0 Å². The standard InChI is InChI=1S/C44H88NO4/c1-8-10-12-14-16-18-20-22-24-26-28-30-32-34-36-45(7,37-35-33-31-29-27-25-23-21-19-17-15-13-11-9-2)38-40-42(49-44(5,6)47-40)41-39-46-43(3,4)48-41/h40-42H,8-39H2,1-7H3/q+1/t40-,41+,42+/m0/s1. The van der Waals surface area contributed by atoms with Crippen LogP contribution in [0, 0.1) is 0 Å². The van der Waals surface area contributed by atoms with E-state index in [1.807, 2.05) is 13.8 Å². The van der Waals surface area contributed by atoms with Crippen LogP contribution >= 0.6 is 0 Å². The van der Waals surface area contributed by atoms with E-state index < -0.39 is 11.6 Å². The lowest BCUT2D eigenvalue weighted by Crippen LogP contribution is -2.54. The van der Waals surface area contributed by atoms with Crippen LogP contribution in [0.5, 0.6) is 0 Å². The highest BCUT2D eigenvalue weighted by Gasteiger charge is 2.51. The fourth-order valence-corrected chi connectivity index (χ4v) is 8.30. The first-order valence-electron chi connectivity index (χ1n) is 22.1. The summed E-state index contributed by atoms with van der Waals surface area (Å²) in [7, 11) is 2.49. The molecule has 2 aliphatic rings. The number of hydrogen-bond donors (Lipinski definition) is 0. The Morgan fingerprint density at radius 2 is 0.796 bits per heavy atom. The van der Waals surface area contributed by atoms with Crippen molar-refractivity contribution in [3.8, 4) is 0 Å². The van der Waals surface area contributed by atoms with Crippen molar-refractivity contribution >= 4 is 0 Å². The zero-order valence-corrected chi connectivity index (χ0v) is 34.4. The van der Waals surface area contributed by atoms with Crippen molar-refractivity contribution < 1.29 is 23.4 Å². The van der Waals surface area contributed by atoms with Gasteiger partial charge in [-0.2, -0.15) is 0 Å². The molecule has 292 valence electrons. The number of nitrogens with zero attached hydrogens (tertiary/aromatic N) is 1. The minimum Gasteiger partial charge on any atom is -0.348 e. The van der Waals surface area contributed by atoms with E-state index in [2.05, 4.69) is 34.7 Å². The number of hydrogen-bond acceptors (Lipinski definition) is 4. The molecule has 2 fully saturated rings. The Morgan fingerprint density at radius 1 is 0.449 bits per heavy atom. The van der Waals surface area contributed by atoms with Gasteiger partial charge >= 0.3 is 0 Å². The zero-order chi connectivity index (χ0) is 35.7. The lowest BCUT2D eigenvalue weighted by molar-refractivity contribution is -0.913. The molecule has 0 N–H and O–H groups in total. The van der Waals surface area contributed by atoms with E-state index in [1.54, 1.807) is 0 Å². The number of rotatable bonds is 33. The number of ether oxygens (including phenoxy) is 4. The minimum absolute atomic E-state index is 0.0285. The van der Waals surface area contributed by atoms with Crippen LogP contribution in [0.15, 0.2) is 0 Å². The Balaban J connectivity index is 1.71. The molecule has 0 spiro atoms. The van der Waals surface area contributed by atoms with E-state index >= 15 is 0 Å². The van der Waals surface area contributed by atoms with Gasteiger partial charge in [-0.1, -0.05) is 168 Å². The monoisotopic (exact) mass is 695 g/mol. The summed E-state index contributed by atoms with van der Waals surface area (Å²) in [5.74, 6) is -1.13. The van der Waals surface area contributed by atoms with Gasteiger partial charge in [0.25, 0.3) is 0 Å². The van der Waals surface area contributed by atoms with E-state index in [0.717, 1.165) is 11.0 Å². The number of unbranched alkanes of at least 4 members (excludes halogenated alkanes) is 26. The number of likely N-dealkylation sites (N-methyl/N-ethyl adjacent to an activating group) is 1. The summed E-state index contributed by atoms with van der Waals surface area (Å²) in [6.45, 7) is 16.8. The summed E-state index contributed by atoms with van der Waals surface area (Å²) in [6, 6.07) is 0. The molecule has 2 aliphatic heterocycles. The molecule has 5 nitrogen and oxygen atoms in total. The quantitative estimate of drug-likeness (QED) is 0.0506. The highest BCUT2D eigenvalue weighted by atomic mass is 16.8. The molecule has 0 aromatic carbocycles. The largest absolute Gasteiger partial charge is 0.348 e. The van der Waals surface area contributed by atoms with E-state index in [4.69, 9.17) is 18.9 Å².